The summed E-state index contributed by atoms with van der Waals surface area (Å²) in [5.74, 6) is 0.423. The van der Waals surface area contributed by atoms with Gasteiger partial charge in [0.05, 0.1) is 24.3 Å². The van der Waals surface area contributed by atoms with Crippen molar-refractivity contribution in [2.45, 2.75) is 0 Å². The first kappa shape index (κ1) is 11.7. The molecule has 6 nitrogen and oxygen atoms in total. The summed E-state index contributed by atoms with van der Waals surface area (Å²) in [6.07, 6.45) is 2.92. The fourth-order valence-electron chi connectivity index (χ4n) is 1.69. The van der Waals surface area contributed by atoms with Crippen LogP contribution in [0.15, 0.2) is 30.7 Å². The summed E-state index contributed by atoms with van der Waals surface area (Å²) >= 11 is 1.40. The summed E-state index contributed by atoms with van der Waals surface area (Å²) in [5.41, 5.74) is 1.14. The number of nitrogens with one attached hydrogen (secondary N) is 2. The lowest BCUT2D eigenvalue weighted by molar-refractivity contribution is 0.102. The Morgan fingerprint density at radius 1 is 1.47 bits per heavy atom. The van der Waals surface area contributed by atoms with Gasteiger partial charge in [-0.15, -0.1) is 0 Å². The average molecular weight is 274 g/mol. The van der Waals surface area contributed by atoms with E-state index >= 15 is 0 Å². The van der Waals surface area contributed by atoms with Crippen molar-refractivity contribution in [1.29, 1.82) is 0 Å². The second kappa shape index (κ2) is 4.69. The van der Waals surface area contributed by atoms with Crippen LogP contribution in [0.3, 0.4) is 0 Å². The largest absolute Gasteiger partial charge is 0.494 e. The number of aromatic nitrogens is 3. The van der Waals surface area contributed by atoms with E-state index < -0.39 is 0 Å². The second-order valence-corrected chi connectivity index (χ2v) is 4.78. The Morgan fingerprint density at radius 2 is 2.37 bits per heavy atom. The molecule has 0 fully saturated rings. The van der Waals surface area contributed by atoms with Gasteiger partial charge in [-0.2, -0.15) is 0 Å². The lowest BCUT2D eigenvalue weighted by atomic mass is 10.3. The number of methoxy groups -OCH3 is 1. The number of aromatic amines is 1. The third kappa shape index (κ3) is 2.15. The van der Waals surface area contributed by atoms with Crippen LogP contribution in [-0.4, -0.2) is 28.0 Å². The minimum absolute atomic E-state index is 0.268. The van der Waals surface area contributed by atoms with Crippen LogP contribution in [0, 0.1) is 0 Å². The summed E-state index contributed by atoms with van der Waals surface area (Å²) < 4.78 is 6.19. The Kier molecular flexibility index (Phi) is 2.88. The summed E-state index contributed by atoms with van der Waals surface area (Å²) in [6, 6.07) is 5.66. The van der Waals surface area contributed by atoms with Crippen LogP contribution in [0.2, 0.25) is 0 Å². The summed E-state index contributed by atoms with van der Waals surface area (Å²) in [5, 5.41) is 3.25. The maximum absolute atomic E-state index is 11.9. The smallest absolute Gasteiger partial charge is 0.275 e. The molecular weight excluding hydrogens is 264 g/mol. The molecule has 0 saturated carbocycles. The van der Waals surface area contributed by atoms with Gasteiger partial charge in [0.2, 0.25) is 0 Å². The Balaban J connectivity index is 1.92. The lowest BCUT2D eigenvalue weighted by Crippen LogP contribution is -2.11. The van der Waals surface area contributed by atoms with Crippen molar-refractivity contribution in [2.24, 2.45) is 0 Å². The highest BCUT2D eigenvalue weighted by Gasteiger charge is 2.12. The quantitative estimate of drug-likeness (QED) is 0.768. The van der Waals surface area contributed by atoms with Crippen molar-refractivity contribution >= 4 is 32.6 Å². The molecule has 96 valence electrons. The van der Waals surface area contributed by atoms with E-state index in [9.17, 15) is 4.79 Å². The van der Waals surface area contributed by atoms with Crippen molar-refractivity contribution in [3.8, 4) is 5.75 Å². The zero-order chi connectivity index (χ0) is 13.2. The Morgan fingerprint density at radius 3 is 3.11 bits per heavy atom. The first-order chi connectivity index (χ1) is 9.28. The number of carbonyl (C=O) groups excluding carboxylic acids is 1. The van der Waals surface area contributed by atoms with E-state index in [1.165, 1.54) is 23.9 Å². The SMILES string of the molecule is COc1cccc2sc(NC(=O)c3cnc[nH]3)nc12. The maximum Gasteiger partial charge on any atom is 0.275 e. The fourth-order valence-corrected chi connectivity index (χ4v) is 2.56. The van der Waals surface area contributed by atoms with Crippen LogP contribution in [0.1, 0.15) is 10.5 Å². The lowest BCUT2D eigenvalue weighted by Gasteiger charge is -1.98. The van der Waals surface area contributed by atoms with Gasteiger partial charge in [-0.3, -0.25) is 10.1 Å². The molecule has 7 heteroatoms. The normalized spacial score (nSPS) is 10.6. The van der Waals surface area contributed by atoms with Crippen molar-refractivity contribution in [3.63, 3.8) is 0 Å². The predicted octanol–water partition coefficient (Wildman–Crippen LogP) is 2.28. The molecule has 19 heavy (non-hydrogen) atoms. The van der Waals surface area contributed by atoms with Gasteiger partial charge in [-0.1, -0.05) is 17.4 Å². The van der Waals surface area contributed by atoms with Crippen molar-refractivity contribution in [2.75, 3.05) is 12.4 Å². The number of imidazole rings is 1. The number of H-pyrrole nitrogens is 1. The third-order valence-electron chi connectivity index (χ3n) is 2.57. The Hall–Kier alpha value is -2.41. The van der Waals surface area contributed by atoms with Gasteiger partial charge in [0.1, 0.15) is 17.0 Å². The van der Waals surface area contributed by atoms with Gasteiger partial charge >= 0.3 is 0 Å². The Labute approximate surface area is 112 Å². The van der Waals surface area contributed by atoms with Gasteiger partial charge in [-0.05, 0) is 12.1 Å². The number of fused-ring (bicyclic) bond motifs is 1. The van der Waals surface area contributed by atoms with Crippen LogP contribution in [0.5, 0.6) is 5.75 Å². The number of benzene rings is 1. The summed E-state index contributed by atoms with van der Waals surface area (Å²) in [4.78, 5) is 22.8. The molecule has 1 amide bonds. The minimum atomic E-state index is -0.268. The zero-order valence-corrected chi connectivity index (χ0v) is 10.8. The van der Waals surface area contributed by atoms with Gasteiger partial charge in [0, 0.05) is 0 Å². The molecule has 0 unspecified atom stereocenters. The molecule has 0 bridgehead atoms. The molecule has 0 aliphatic heterocycles. The highest BCUT2D eigenvalue weighted by atomic mass is 32.1. The highest BCUT2D eigenvalue weighted by Crippen LogP contribution is 2.32. The van der Waals surface area contributed by atoms with Crippen LogP contribution >= 0.6 is 11.3 Å². The number of hydrogen-bond acceptors (Lipinski definition) is 5. The summed E-state index contributed by atoms with van der Waals surface area (Å²) in [6.45, 7) is 0. The molecule has 0 spiro atoms. The van der Waals surface area contributed by atoms with Crippen LogP contribution in [0.25, 0.3) is 10.2 Å². The molecule has 0 saturated heterocycles. The number of amides is 1. The van der Waals surface area contributed by atoms with Gasteiger partial charge in [0.15, 0.2) is 5.13 Å². The van der Waals surface area contributed by atoms with Crippen molar-refractivity contribution in [1.82, 2.24) is 15.0 Å². The van der Waals surface area contributed by atoms with E-state index in [0.717, 1.165) is 10.2 Å². The second-order valence-electron chi connectivity index (χ2n) is 3.75. The number of thiazole rings is 1. The average Bonchev–Trinajstić information content (AvgIpc) is 3.06. The van der Waals surface area contributed by atoms with Crippen molar-refractivity contribution < 1.29 is 9.53 Å². The van der Waals surface area contributed by atoms with Crippen molar-refractivity contribution in [3.05, 3.63) is 36.4 Å². The highest BCUT2D eigenvalue weighted by molar-refractivity contribution is 7.22. The zero-order valence-electron chi connectivity index (χ0n) is 10.0. The van der Waals surface area contributed by atoms with Gasteiger partial charge in [-0.25, -0.2) is 9.97 Å². The number of anilines is 1. The number of ether oxygens (including phenoxy) is 1. The molecule has 2 N–H and O–H groups in total. The van der Waals surface area contributed by atoms with E-state index in [2.05, 4.69) is 20.3 Å². The number of nitrogens with zero attached hydrogens (tertiary/aromatic N) is 2. The Bertz CT molecular complexity index is 720. The maximum atomic E-state index is 11.9. The standard InChI is InChI=1S/C12H10N4O2S/c1-18-8-3-2-4-9-10(8)15-12(19-9)16-11(17)7-5-13-6-14-7/h2-6H,1H3,(H,13,14)(H,15,16,17). The molecule has 3 aromatic rings. The topological polar surface area (TPSA) is 79.9 Å². The number of carbonyl (C=O) groups is 1. The van der Waals surface area contributed by atoms with E-state index in [0.29, 0.717) is 16.6 Å². The molecular formula is C12H10N4O2S. The number of rotatable bonds is 3. The number of para-hydroxylation sites is 1. The molecule has 0 radical (unpaired) electrons. The first-order valence-electron chi connectivity index (χ1n) is 5.51. The monoisotopic (exact) mass is 274 g/mol. The fraction of sp³-hybridized carbons (Fsp3) is 0.0833. The molecule has 2 aromatic heterocycles. The molecule has 2 heterocycles. The van der Waals surface area contributed by atoms with Gasteiger partial charge in [0.25, 0.3) is 5.91 Å². The predicted molar refractivity (Wildman–Crippen MR) is 72.7 cm³/mol. The number of hydrogen-bond donors (Lipinski definition) is 2. The van der Waals surface area contributed by atoms with E-state index in [-0.39, 0.29) is 5.91 Å². The molecule has 0 aliphatic carbocycles. The molecule has 1 aromatic carbocycles. The first-order valence-corrected chi connectivity index (χ1v) is 6.33. The van der Waals surface area contributed by atoms with Crippen LogP contribution < -0.4 is 10.1 Å². The molecule has 3 rings (SSSR count). The minimum Gasteiger partial charge on any atom is -0.494 e. The molecule has 0 atom stereocenters. The summed E-state index contributed by atoms with van der Waals surface area (Å²) in [7, 11) is 1.59. The third-order valence-corrected chi connectivity index (χ3v) is 3.50. The van der Waals surface area contributed by atoms with E-state index in [4.69, 9.17) is 4.74 Å². The van der Waals surface area contributed by atoms with E-state index in [1.54, 1.807) is 7.11 Å². The van der Waals surface area contributed by atoms with Gasteiger partial charge < -0.3 is 9.72 Å². The van der Waals surface area contributed by atoms with Crippen LogP contribution in [0.4, 0.5) is 5.13 Å². The molecule has 0 aliphatic rings. The van der Waals surface area contributed by atoms with E-state index in [1.807, 2.05) is 18.2 Å². The van der Waals surface area contributed by atoms with Crippen LogP contribution in [-0.2, 0) is 0 Å².